The molecule has 2 aliphatic rings. The first-order valence-corrected chi connectivity index (χ1v) is 6.93. The summed E-state index contributed by atoms with van der Waals surface area (Å²) in [6.45, 7) is 2.83. The minimum Gasteiger partial charge on any atom is -0.480 e. The van der Waals surface area contributed by atoms with Gasteiger partial charge in [0.2, 0.25) is 0 Å². The molecule has 0 aromatic rings. The number of piperidine rings is 1. The van der Waals surface area contributed by atoms with Crippen molar-refractivity contribution in [2.45, 2.75) is 57.5 Å². The molecule has 102 valence electrons. The van der Waals surface area contributed by atoms with Crippen molar-refractivity contribution in [2.75, 3.05) is 6.54 Å². The zero-order valence-electron chi connectivity index (χ0n) is 10.9. The SMILES string of the molecule is CCC1CCCCN1C(=O)NC(C(=O)O)C1CC1. The third-order valence-corrected chi connectivity index (χ3v) is 4.00. The molecule has 0 aromatic carbocycles. The van der Waals surface area contributed by atoms with Crippen molar-refractivity contribution in [3.8, 4) is 0 Å². The van der Waals surface area contributed by atoms with Gasteiger partial charge in [0.1, 0.15) is 6.04 Å². The van der Waals surface area contributed by atoms with Crippen LogP contribution in [0.4, 0.5) is 4.79 Å². The van der Waals surface area contributed by atoms with Crippen molar-refractivity contribution in [1.82, 2.24) is 10.2 Å². The Morgan fingerprint density at radius 2 is 2.06 bits per heavy atom. The van der Waals surface area contributed by atoms with Gasteiger partial charge in [-0.05, 0) is 44.4 Å². The van der Waals surface area contributed by atoms with Gasteiger partial charge < -0.3 is 15.3 Å². The van der Waals surface area contributed by atoms with Gasteiger partial charge in [-0.2, -0.15) is 0 Å². The molecule has 0 aromatic heterocycles. The summed E-state index contributed by atoms with van der Waals surface area (Å²) in [5.41, 5.74) is 0. The van der Waals surface area contributed by atoms with Gasteiger partial charge in [-0.1, -0.05) is 6.92 Å². The maximum absolute atomic E-state index is 12.2. The summed E-state index contributed by atoms with van der Waals surface area (Å²) in [6.07, 6.45) is 5.97. The Morgan fingerprint density at radius 3 is 2.61 bits per heavy atom. The number of carbonyl (C=O) groups excluding carboxylic acids is 1. The molecule has 1 aliphatic heterocycles. The Hall–Kier alpha value is -1.26. The Morgan fingerprint density at radius 1 is 1.33 bits per heavy atom. The van der Waals surface area contributed by atoms with E-state index < -0.39 is 12.0 Å². The molecular formula is C13H22N2O3. The van der Waals surface area contributed by atoms with Gasteiger partial charge in [0.25, 0.3) is 0 Å². The Balaban J connectivity index is 1.94. The van der Waals surface area contributed by atoms with Gasteiger partial charge in [0.15, 0.2) is 0 Å². The quantitative estimate of drug-likeness (QED) is 0.804. The van der Waals surface area contributed by atoms with Crippen molar-refractivity contribution in [2.24, 2.45) is 5.92 Å². The molecule has 2 fully saturated rings. The number of aliphatic carboxylic acids is 1. The number of hydrogen-bond donors (Lipinski definition) is 2. The monoisotopic (exact) mass is 254 g/mol. The number of nitrogens with zero attached hydrogens (tertiary/aromatic N) is 1. The lowest BCUT2D eigenvalue weighted by Gasteiger charge is -2.35. The highest BCUT2D eigenvalue weighted by Gasteiger charge is 2.38. The number of amides is 2. The van der Waals surface area contributed by atoms with Crippen LogP contribution in [-0.4, -0.2) is 40.6 Å². The van der Waals surface area contributed by atoms with Gasteiger partial charge in [-0.3, -0.25) is 0 Å². The molecule has 0 spiro atoms. The number of carboxylic acids is 1. The predicted octanol–water partition coefficient (Wildman–Crippen LogP) is 1.82. The molecule has 5 heteroatoms. The largest absolute Gasteiger partial charge is 0.480 e. The number of rotatable bonds is 4. The number of carboxylic acid groups (broad SMARTS) is 1. The third-order valence-electron chi connectivity index (χ3n) is 4.00. The van der Waals surface area contributed by atoms with Crippen LogP contribution in [0, 0.1) is 5.92 Å². The fraction of sp³-hybridized carbons (Fsp3) is 0.846. The molecule has 1 saturated heterocycles. The lowest BCUT2D eigenvalue weighted by atomic mass is 10.0. The smallest absolute Gasteiger partial charge is 0.326 e. The molecule has 2 unspecified atom stereocenters. The molecule has 18 heavy (non-hydrogen) atoms. The standard InChI is InChI=1S/C13H22N2O3/c1-2-10-5-3-4-8-15(10)13(18)14-11(12(16)17)9-6-7-9/h9-11H,2-8H2,1H3,(H,14,18)(H,16,17). The second-order valence-corrected chi connectivity index (χ2v) is 5.35. The average Bonchev–Trinajstić information content (AvgIpc) is 3.19. The summed E-state index contributed by atoms with van der Waals surface area (Å²) in [6, 6.07) is -0.620. The maximum Gasteiger partial charge on any atom is 0.326 e. The maximum atomic E-state index is 12.2. The van der Waals surface area contributed by atoms with Crippen LogP contribution in [0.25, 0.3) is 0 Å². The van der Waals surface area contributed by atoms with Crippen molar-refractivity contribution in [1.29, 1.82) is 0 Å². The van der Waals surface area contributed by atoms with Crippen molar-refractivity contribution >= 4 is 12.0 Å². The van der Waals surface area contributed by atoms with E-state index in [-0.39, 0.29) is 18.0 Å². The fourth-order valence-electron chi connectivity index (χ4n) is 2.72. The Labute approximate surface area is 108 Å². The number of carbonyl (C=O) groups is 2. The summed E-state index contributed by atoms with van der Waals surface area (Å²) in [4.78, 5) is 25.1. The zero-order chi connectivity index (χ0) is 13.1. The van der Waals surface area contributed by atoms with Crippen molar-refractivity contribution in [3.63, 3.8) is 0 Å². The molecule has 0 bridgehead atoms. The molecule has 1 heterocycles. The normalized spacial score (nSPS) is 25.6. The van der Waals surface area contributed by atoms with E-state index in [0.717, 1.165) is 45.1 Å². The van der Waals surface area contributed by atoms with Crippen LogP contribution in [0.1, 0.15) is 45.4 Å². The van der Waals surface area contributed by atoms with Crippen LogP contribution in [-0.2, 0) is 4.79 Å². The molecule has 2 N–H and O–H groups in total. The van der Waals surface area contributed by atoms with E-state index in [9.17, 15) is 9.59 Å². The second-order valence-electron chi connectivity index (χ2n) is 5.35. The first-order chi connectivity index (χ1) is 8.63. The minimum atomic E-state index is -0.907. The summed E-state index contributed by atoms with van der Waals surface area (Å²) < 4.78 is 0. The van der Waals surface area contributed by atoms with Crippen molar-refractivity contribution in [3.05, 3.63) is 0 Å². The highest BCUT2D eigenvalue weighted by Crippen LogP contribution is 2.33. The van der Waals surface area contributed by atoms with Gasteiger partial charge in [0, 0.05) is 12.6 Å². The zero-order valence-corrected chi connectivity index (χ0v) is 10.9. The summed E-state index contributed by atoms with van der Waals surface area (Å²) in [7, 11) is 0. The molecule has 1 saturated carbocycles. The van der Waals surface area contributed by atoms with Gasteiger partial charge in [-0.25, -0.2) is 9.59 Å². The highest BCUT2D eigenvalue weighted by molar-refractivity contribution is 5.83. The van der Waals surface area contributed by atoms with Crippen LogP contribution in [0.3, 0.4) is 0 Å². The molecule has 0 radical (unpaired) electrons. The van der Waals surface area contributed by atoms with Gasteiger partial charge >= 0.3 is 12.0 Å². The predicted molar refractivity (Wildman–Crippen MR) is 67.3 cm³/mol. The second kappa shape index (κ2) is 5.59. The number of hydrogen-bond acceptors (Lipinski definition) is 2. The molecular weight excluding hydrogens is 232 g/mol. The Bertz CT molecular complexity index is 328. The molecule has 2 rings (SSSR count). The van der Waals surface area contributed by atoms with E-state index in [2.05, 4.69) is 12.2 Å². The topological polar surface area (TPSA) is 69.6 Å². The van der Waals surface area contributed by atoms with Crippen LogP contribution < -0.4 is 5.32 Å². The lowest BCUT2D eigenvalue weighted by molar-refractivity contribution is -0.139. The molecule has 1 aliphatic carbocycles. The van der Waals surface area contributed by atoms with Crippen LogP contribution in [0.2, 0.25) is 0 Å². The third kappa shape index (κ3) is 2.94. The summed E-state index contributed by atoms with van der Waals surface area (Å²) in [5.74, 6) is -0.771. The first-order valence-electron chi connectivity index (χ1n) is 6.93. The molecule has 2 amide bonds. The number of nitrogens with one attached hydrogen (secondary N) is 1. The minimum absolute atomic E-state index is 0.135. The van der Waals surface area contributed by atoms with E-state index in [1.54, 1.807) is 0 Å². The average molecular weight is 254 g/mol. The van der Waals surface area contributed by atoms with E-state index >= 15 is 0 Å². The number of urea groups is 1. The first kappa shape index (κ1) is 13.2. The highest BCUT2D eigenvalue weighted by atomic mass is 16.4. The van der Waals surface area contributed by atoms with E-state index in [0.29, 0.717) is 0 Å². The molecule has 2 atom stereocenters. The van der Waals surface area contributed by atoms with Gasteiger partial charge in [0.05, 0.1) is 0 Å². The van der Waals surface area contributed by atoms with Crippen LogP contribution >= 0.6 is 0 Å². The molecule has 5 nitrogen and oxygen atoms in total. The Kier molecular flexibility index (Phi) is 4.09. The van der Waals surface area contributed by atoms with Gasteiger partial charge in [-0.15, -0.1) is 0 Å². The lowest BCUT2D eigenvalue weighted by Crippen LogP contribution is -2.53. The van der Waals surface area contributed by atoms with Crippen molar-refractivity contribution < 1.29 is 14.7 Å². The van der Waals surface area contributed by atoms with E-state index in [1.807, 2.05) is 4.90 Å². The number of likely N-dealkylation sites (tertiary alicyclic amines) is 1. The summed E-state index contributed by atoms with van der Waals surface area (Å²) in [5, 5.41) is 11.8. The fourth-order valence-corrected chi connectivity index (χ4v) is 2.72. The van der Waals surface area contributed by atoms with Crippen LogP contribution in [0.5, 0.6) is 0 Å². The van der Waals surface area contributed by atoms with E-state index in [4.69, 9.17) is 5.11 Å². The van der Waals surface area contributed by atoms with Crippen LogP contribution in [0.15, 0.2) is 0 Å². The summed E-state index contributed by atoms with van der Waals surface area (Å²) >= 11 is 0. The van der Waals surface area contributed by atoms with E-state index in [1.165, 1.54) is 0 Å².